The van der Waals surface area contributed by atoms with E-state index in [9.17, 15) is 4.79 Å². The number of hydrogen-bond acceptors (Lipinski definition) is 1. The molecule has 0 spiro atoms. The van der Waals surface area contributed by atoms with E-state index < -0.39 is 0 Å². The molecule has 0 radical (unpaired) electrons. The van der Waals surface area contributed by atoms with Gasteiger partial charge in [0, 0.05) is 12.0 Å². The van der Waals surface area contributed by atoms with Crippen molar-refractivity contribution in [1.29, 1.82) is 0 Å². The third kappa shape index (κ3) is 3.58. The molecule has 1 fully saturated rings. The molecule has 92 valence electrons. The van der Waals surface area contributed by atoms with Gasteiger partial charge >= 0.3 is 0 Å². The van der Waals surface area contributed by atoms with Crippen molar-refractivity contribution in [2.45, 2.75) is 39.2 Å². The molecule has 0 aromatic heterocycles. The van der Waals surface area contributed by atoms with Crippen molar-refractivity contribution in [2.24, 2.45) is 11.8 Å². The quantitative estimate of drug-likeness (QED) is 0.829. The fraction of sp³-hybridized carbons (Fsp3) is 0.533. The van der Waals surface area contributed by atoms with E-state index in [2.05, 4.69) is 43.4 Å². The minimum absolute atomic E-state index is 0.248. The van der Waals surface area contributed by atoms with Crippen LogP contribution in [0.25, 0.3) is 0 Å². The van der Waals surface area contributed by atoms with Gasteiger partial charge in [0.15, 0.2) is 0 Å². The number of carbonyl (C=O) groups is 1. The van der Waals surface area contributed by atoms with Gasteiger partial charge in [0.05, 0.1) is 0 Å². The van der Waals surface area contributed by atoms with Crippen molar-refractivity contribution in [3.63, 3.8) is 0 Å². The molecule has 1 aliphatic rings. The van der Waals surface area contributed by atoms with Crippen molar-refractivity contribution in [3.8, 4) is 0 Å². The summed E-state index contributed by atoms with van der Waals surface area (Å²) in [5, 5.41) is 3.10. The fourth-order valence-electron chi connectivity index (χ4n) is 2.14. The van der Waals surface area contributed by atoms with Crippen LogP contribution in [-0.2, 0) is 11.2 Å². The van der Waals surface area contributed by atoms with E-state index in [0.29, 0.717) is 5.92 Å². The standard InChI is InChI=1S/C15H21NO/c1-11-10-14(11)15(17)16-12(2)8-9-13-6-4-3-5-7-13/h3-7,11-12,14H,8-10H2,1-2H3,(H,16,17)/t11-,12-,14+/m1/s1. The highest BCUT2D eigenvalue weighted by atomic mass is 16.2. The molecule has 1 amide bonds. The summed E-state index contributed by atoms with van der Waals surface area (Å²) >= 11 is 0. The van der Waals surface area contributed by atoms with Crippen LogP contribution in [0, 0.1) is 11.8 Å². The molecule has 3 atom stereocenters. The van der Waals surface area contributed by atoms with Crippen LogP contribution in [0.15, 0.2) is 30.3 Å². The summed E-state index contributed by atoms with van der Waals surface area (Å²) in [6.07, 6.45) is 3.11. The Kier molecular flexibility index (Phi) is 3.82. The van der Waals surface area contributed by atoms with Gasteiger partial charge in [-0.1, -0.05) is 37.3 Å². The van der Waals surface area contributed by atoms with Crippen LogP contribution in [0.3, 0.4) is 0 Å². The third-order valence-electron chi connectivity index (χ3n) is 3.54. The maximum atomic E-state index is 11.7. The number of amides is 1. The molecule has 2 nitrogen and oxygen atoms in total. The first-order chi connectivity index (χ1) is 8.16. The van der Waals surface area contributed by atoms with E-state index in [4.69, 9.17) is 0 Å². The molecule has 1 aromatic carbocycles. The van der Waals surface area contributed by atoms with Crippen LogP contribution in [0.4, 0.5) is 0 Å². The van der Waals surface area contributed by atoms with Crippen LogP contribution in [0.2, 0.25) is 0 Å². The molecular formula is C15H21NO. The highest BCUT2D eigenvalue weighted by Gasteiger charge is 2.39. The summed E-state index contributed by atoms with van der Waals surface area (Å²) in [4.78, 5) is 11.7. The lowest BCUT2D eigenvalue weighted by molar-refractivity contribution is -0.123. The van der Waals surface area contributed by atoms with Crippen molar-refractivity contribution in [2.75, 3.05) is 0 Å². The van der Waals surface area contributed by atoms with Gasteiger partial charge in [-0.25, -0.2) is 0 Å². The van der Waals surface area contributed by atoms with E-state index in [1.807, 2.05) is 6.07 Å². The maximum Gasteiger partial charge on any atom is 0.223 e. The second kappa shape index (κ2) is 5.35. The van der Waals surface area contributed by atoms with E-state index in [0.717, 1.165) is 19.3 Å². The summed E-state index contributed by atoms with van der Waals surface area (Å²) in [5.41, 5.74) is 1.34. The Morgan fingerprint density at radius 2 is 2.06 bits per heavy atom. The molecule has 2 heteroatoms. The Morgan fingerprint density at radius 1 is 1.41 bits per heavy atom. The smallest absolute Gasteiger partial charge is 0.223 e. The van der Waals surface area contributed by atoms with Gasteiger partial charge in [0.2, 0.25) is 5.91 Å². The second-order valence-corrected chi connectivity index (χ2v) is 5.25. The Labute approximate surface area is 103 Å². The van der Waals surface area contributed by atoms with E-state index in [1.54, 1.807) is 0 Å². The number of benzene rings is 1. The number of aryl methyl sites for hydroxylation is 1. The van der Waals surface area contributed by atoms with Crippen LogP contribution >= 0.6 is 0 Å². The SMILES string of the molecule is C[C@H](CCc1ccccc1)NC(=O)[C@H]1C[C@H]1C. The van der Waals surface area contributed by atoms with Crippen molar-refractivity contribution >= 4 is 5.91 Å². The first-order valence-electron chi connectivity index (χ1n) is 6.51. The van der Waals surface area contributed by atoms with Crippen LogP contribution in [-0.4, -0.2) is 11.9 Å². The highest BCUT2D eigenvalue weighted by Crippen LogP contribution is 2.37. The van der Waals surface area contributed by atoms with Crippen molar-refractivity contribution < 1.29 is 4.79 Å². The largest absolute Gasteiger partial charge is 0.353 e. The molecule has 1 N–H and O–H groups in total. The van der Waals surface area contributed by atoms with Crippen LogP contribution in [0.5, 0.6) is 0 Å². The summed E-state index contributed by atoms with van der Waals surface area (Å²) < 4.78 is 0. The zero-order valence-electron chi connectivity index (χ0n) is 10.6. The van der Waals surface area contributed by atoms with Gasteiger partial charge in [-0.05, 0) is 37.7 Å². The van der Waals surface area contributed by atoms with Gasteiger partial charge in [-0.2, -0.15) is 0 Å². The highest BCUT2D eigenvalue weighted by molar-refractivity contribution is 5.81. The van der Waals surface area contributed by atoms with Gasteiger partial charge in [-0.3, -0.25) is 4.79 Å². The molecular weight excluding hydrogens is 210 g/mol. The molecule has 1 aromatic rings. The van der Waals surface area contributed by atoms with Gasteiger partial charge in [0.25, 0.3) is 0 Å². The van der Waals surface area contributed by atoms with Gasteiger partial charge < -0.3 is 5.32 Å². The lowest BCUT2D eigenvalue weighted by Crippen LogP contribution is -2.34. The van der Waals surface area contributed by atoms with Gasteiger partial charge in [-0.15, -0.1) is 0 Å². The molecule has 17 heavy (non-hydrogen) atoms. The van der Waals surface area contributed by atoms with Crippen LogP contribution < -0.4 is 5.32 Å². The molecule has 0 unspecified atom stereocenters. The number of nitrogens with one attached hydrogen (secondary N) is 1. The molecule has 0 saturated heterocycles. The average Bonchev–Trinajstić information content (AvgIpc) is 3.05. The average molecular weight is 231 g/mol. The minimum Gasteiger partial charge on any atom is -0.353 e. The predicted molar refractivity (Wildman–Crippen MR) is 69.6 cm³/mol. The molecule has 0 heterocycles. The second-order valence-electron chi connectivity index (χ2n) is 5.25. The summed E-state index contributed by atoms with van der Waals surface area (Å²) in [6.45, 7) is 4.23. The first-order valence-corrected chi connectivity index (χ1v) is 6.51. The fourth-order valence-corrected chi connectivity index (χ4v) is 2.14. The normalized spacial score (nSPS) is 24.1. The topological polar surface area (TPSA) is 29.1 Å². The molecule has 2 rings (SSSR count). The summed E-state index contributed by atoms with van der Waals surface area (Å²) in [7, 11) is 0. The zero-order chi connectivity index (χ0) is 12.3. The minimum atomic E-state index is 0.248. The van der Waals surface area contributed by atoms with Crippen molar-refractivity contribution in [1.82, 2.24) is 5.32 Å². The van der Waals surface area contributed by atoms with Gasteiger partial charge in [0.1, 0.15) is 0 Å². The number of hydrogen-bond donors (Lipinski definition) is 1. The molecule has 0 bridgehead atoms. The number of rotatable bonds is 5. The van der Waals surface area contributed by atoms with E-state index in [-0.39, 0.29) is 17.9 Å². The number of carbonyl (C=O) groups excluding carboxylic acids is 1. The maximum absolute atomic E-state index is 11.7. The lowest BCUT2D eigenvalue weighted by atomic mass is 10.1. The summed E-state index contributed by atoms with van der Waals surface area (Å²) in [5.74, 6) is 1.13. The Morgan fingerprint density at radius 3 is 2.65 bits per heavy atom. The summed E-state index contributed by atoms with van der Waals surface area (Å²) in [6, 6.07) is 10.7. The Hall–Kier alpha value is -1.31. The zero-order valence-corrected chi connectivity index (χ0v) is 10.6. The third-order valence-corrected chi connectivity index (χ3v) is 3.54. The molecule has 1 aliphatic carbocycles. The van der Waals surface area contributed by atoms with E-state index >= 15 is 0 Å². The van der Waals surface area contributed by atoms with Crippen LogP contribution in [0.1, 0.15) is 32.3 Å². The Balaban J connectivity index is 1.71. The van der Waals surface area contributed by atoms with Crippen molar-refractivity contribution in [3.05, 3.63) is 35.9 Å². The first kappa shape index (κ1) is 12.2. The molecule has 1 saturated carbocycles. The molecule has 0 aliphatic heterocycles. The lowest BCUT2D eigenvalue weighted by Gasteiger charge is -2.13. The van der Waals surface area contributed by atoms with E-state index in [1.165, 1.54) is 5.56 Å². The Bertz CT molecular complexity index is 374. The predicted octanol–water partition coefficient (Wildman–Crippen LogP) is 2.78. The monoisotopic (exact) mass is 231 g/mol.